The van der Waals surface area contributed by atoms with Crippen LogP contribution < -0.4 is 4.74 Å². The Balaban J connectivity index is 1.61. The Morgan fingerprint density at radius 1 is 0.743 bits per heavy atom. The number of benzene rings is 2. The summed E-state index contributed by atoms with van der Waals surface area (Å²) in [5.74, 6) is 0.226. The molecule has 0 fully saturated rings. The molecule has 0 spiro atoms. The van der Waals surface area contributed by atoms with Gasteiger partial charge in [-0.25, -0.2) is 9.97 Å². The molecule has 0 amide bonds. The molecule has 172 valence electrons. The molecule has 0 atom stereocenters. The molecule has 0 aliphatic heterocycles. The summed E-state index contributed by atoms with van der Waals surface area (Å²) in [6, 6.07) is 18.1. The lowest BCUT2D eigenvalue weighted by molar-refractivity contribution is 0.111. The van der Waals surface area contributed by atoms with Crippen molar-refractivity contribution in [1.29, 1.82) is 0 Å². The van der Waals surface area contributed by atoms with Crippen molar-refractivity contribution >= 4 is 41.4 Å². The van der Waals surface area contributed by atoms with Crippen LogP contribution in [0.2, 0.25) is 10.0 Å². The van der Waals surface area contributed by atoms with Crippen LogP contribution in [0.25, 0.3) is 39.3 Å². The minimum Gasteiger partial charge on any atom is -0.480 e. The smallest absolute Gasteiger partial charge is 0.224 e. The lowest BCUT2D eigenvalue weighted by Crippen LogP contribution is -1.96. The minimum atomic E-state index is 0.226. The number of carbonyl (C=O) groups is 2. The van der Waals surface area contributed by atoms with Gasteiger partial charge in [0.2, 0.25) is 5.88 Å². The van der Waals surface area contributed by atoms with E-state index in [1.54, 1.807) is 34.9 Å². The number of methoxy groups -OCH3 is 1. The second-order valence-electron chi connectivity index (χ2n) is 7.72. The van der Waals surface area contributed by atoms with E-state index >= 15 is 0 Å². The van der Waals surface area contributed by atoms with Crippen LogP contribution in [0.5, 0.6) is 5.88 Å². The second kappa shape index (κ2) is 9.33. The molecule has 3 aromatic heterocycles. The van der Waals surface area contributed by atoms with Crippen molar-refractivity contribution in [2.24, 2.45) is 0 Å². The zero-order valence-electron chi connectivity index (χ0n) is 18.4. The van der Waals surface area contributed by atoms with Crippen LogP contribution in [0.1, 0.15) is 20.7 Å². The Labute approximate surface area is 210 Å². The molecular formula is C27H17Cl2N3O3. The molecule has 3 heterocycles. The summed E-state index contributed by atoms with van der Waals surface area (Å²) in [7, 11) is 1.46. The van der Waals surface area contributed by atoms with E-state index in [0.717, 1.165) is 23.0 Å². The van der Waals surface area contributed by atoms with Crippen LogP contribution >= 0.6 is 23.2 Å². The summed E-state index contributed by atoms with van der Waals surface area (Å²) < 4.78 is 7.03. The number of fused-ring (bicyclic) bond motifs is 1. The number of nitrogens with zero attached hydrogens (tertiary/aromatic N) is 3. The van der Waals surface area contributed by atoms with Gasteiger partial charge in [0.25, 0.3) is 0 Å². The van der Waals surface area contributed by atoms with Crippen LogP contribution in [0, 0.1) is 0 Å². The third-order valence-corrected chi connectivity index (χ3v) is 6.47. The quantitative estimate of drug-likeness (QED) is 0.243. The molecule has 6 nitrogen and oxygen atoms in total. The van der Waals surface area contributed by atoms with Gasteiger partial charge in [0.1, 0.15) is 5.65 Å². The first-order valence-electron chi connectivity index (χ1n) is 10.6. The first kappa shape index (κ1) is 22.8. The molecule has 0 bridgehead atoms. The molecule has 2 aromatic carbocycles. The summed E-state index contributed by atoms with van der Waals surface area (Å²) in [4.78, 5) is 31.5. The monoisotopic (exact) mass is 501 g/mol. The molecular weight excluding hydrogens is 485 g/mol. The van der Waals surface area contributed by atoms with E-state index in [4.69, 9.17) is 27.9 Å². The van der Waals surface area contributed by atoms with E-state index in [1.165, 1.54) is 7.11 Å². The summed E-state index contributed by atoms with van der Waals surface area (Å²) in [5.41, 5.74) is 5.71. The van der Waals surface area contributed by atoms with Gasteiger partial charge in [-0.05, 0) is 24.3 Å². The van der Waals surface area contributed by atoms with Crippen LogP contribution in [-0.4, -0.2) is 34.1 Å². The van der Waals surface area contributed by atoms with Crippen molar-refractivity contribution in [1.82, 2.24) is 14.4 Å². The molecule has 0 unspecified atom stereocenters. The van der Waals surface area contributed by atoms with E-state index < -0.39 is 0 Å². The highest BCUT2D eigenvalue weighted by Gasteiger charge is 2.18. The average Bonchev–Trinajstić information content (AvgIpc) is 3.32. The molecule has 0 aliphatic carbocycles. The van der Waals surface area contributed by atoms with Gasteiger partial charge in [-0.2, -0.15) is 0 Å². The topological polar surface area (TPSA) is 73.6 Å². The fourth-order valence-electron chi connectivity index (χ4n) is 3.94. The number of pyridine rings is 2. The van der Waals surface area contributed by atoms with Gasteiger partial charge in [0, 0.05) is 40.2 Å². The van der Waals surface area contributed by atoms with Crippen molar-refractivity contribution in [3.05, 3.63) is 94.2 Å². The number of rotatable bonds is 6. The standard InChI is InChI=1S/C27H17Cl2N3O3/c1-35-27-17(15-34)9-10-22(31-27)20-6-2-4-18(25(20)28)19-5-3-7-21(26(19)29)23-13-32-12-16(14-33)8-11-24(32)30-23/h2-15H,1H3. The van der Waals surface area contributed by atoms with E-state index in [1.807, 2.05) is 42.6 Å². The highest BCUT2D eigenvalue weighted by atomic mass is 35.5. The molecule has 0 N–H and O–H groups in total. The number of hydrogen-bond acceptors (Lipinski definition) is 5. The zero-order chi connectivity index (χ0) is 24.5. The van der Waals surface area contributed by atoms with E-state index in [2.05, 4.69) is 9.97 Å². The largest absolute Gasteiger partial charge is 0.480 e. The maximum Gasteiger partial charge on any atom is 0.224 e. The van der Waals surface area contributed by atoms with Gasteiger partial charge >= 0.3 is 0 Å². The lowest BCUT2D eigenvalue weighted by Gasteiger charge is -2.13. The van der Waals surface area contributed by atoms with Crippen LogP contribution in [0.4, 0.5) is 0 Å². The second-order valence-corrected chi connectivity index (χ2v) is 8.47. The number of aldehydes is 2. The molecule has 35 heavy (non-hydrogen) atoms. The third kappa shape index (κ3) is 4.07. The van der Waals surface area contributed by atoms with Gasteiger partial charge in [0.15, 0.2) is 12.6 Å². The van der Waals surface area contributed by atoms with Crippen molar-refractivity contribution in [2.75, 3.05) is 7.11 Å². The lowest BCUT2D eigenvalue weighted by atomic mass is 9.98. The first-order valence-corrected chi connectivity index (χ1v) is 11.3. The maximum atomic E-state index is 11.2. The van der Waals surface area contributed by atoms with E-state index in [9.17, 15) is 9.59 Å². The Kier molecular flexibility index (Phi) is 6.07. The summed E-state index contributed by atoms with van der Waals surface area (Å²) in [6.45, 7) is 0. The summed E-state index contributed by atoms with van der Waals surface area (Å²) in [6.07, 6.45) is 5.03. The summed E-state index contributed by atoms with van der Waals surface area (Å²) >= 11 is 13.7. The predicted molar refractivity (Wildman–Crippen MR) is 137 cm³/mol. The minimum absolute atomic E-state index is 0.226. The number of carbonyl (C=O) groups excluding carboxylic acids is 2. The van der Waals surface area contributed by atoms with Gasteiger partial charge in [-0.15, -0.1) is 0 Å². The Morgan fingerprint density at radius 2 is 1.40 bits per heavy atom. The van der Waals surface area contributed by atoms with Crippen molar-refractivity contribution < 1.29 is 14.3 Å². The summed E-state index contributed by atoms with van der Waals surface area (Å²) in [5, 5.41) is 0.956. The number of imidazole rings is 1. The predicted octanol–water partition coefficient (Wildman–Crippen LogP) is 6.67. The van der Waals surface area contributed by atoms with E-state index in [0.29, 0.717) is 50.1 Å². The van der Waals surface area contributed by atoms with Gasteiger partial charge < -0.3 is 9.14 Å². The number of halogens is 2. The van der Waals surface area contributed by atoms with Crippen molar-refractivity contribution in [2.45, 2.75) is 0 Å². The van der Waals surface area contributed by atoms with Crippen LogP contribution in [0.15, 0.2) is 73.1 Å². The fraction of sp³-hybridized carbons (Fsp3) is 0.0370. The third-order valence-electron chi connectivity index (χ3n) is 5.66. The van der Waals surface area contributed by atoms with Gasteiger partial charge in [-0.1, -0.05) is 59.6 Å². The molecule has 8 heteroatoms. The van der Waals surface area contributed by atoms with Crippen LogP contribution in [-0.2, 0) is 0 Å². The average molecular weight is 502 g/mol. The molecule has 5 aromatic rings. The van der Waals surface area contributed by atoms with Crippen molar-refractivity contribution in [3.63, 3.8) is 0 Å². The Morgan fingerprint density at radius 3 is 2.03 bits per heavy atom. The zero-order valence-corrected chi connectivity index (χ0v) is 19.9. The Bertz CT molecular complexity index is 1610. The molecule has 5 rings (SSSR count). The molecule has 0 saturated carbocycles. The molecule has 0 radical (unpaired) electrons. The van der Waals surface area contributed by atoms with Crippen molar-refractivity contribution in [3.8, 4) is 39.5 Å². The highest BCUT2D eigenvalue weighted by molar-refractivity contribution is 6.39. The first-order chi connectivity index (χ1) is 17.0. The maximum absolute atomic E-state index is 11.2. The normalized spacial score (nSPS) is 10.9. The highest BCUT2D eigenvalue weighted by Crippen LogP contribution is 2.42. The number of aromatic nitrogens is 3. The Hall–Kier alpha value is -4.00. The number of ether oxygens (including phenoxy) is 1. The fourth-order valence-corrected chi connectivity index (χ4v) is 4.59. The van der Waals surface area contributed by atoms with E-state index in [-0.39, 0.29) is 5.88 Å². The SMILES string of the molecule is COc1nc(-c2cccc(-c3cccc(-c4cn5cc(C=O)ccc5n4)c3Cl)c2Cl)ccc1C=O. The molecule has 0 saturated heterocycles. The van der Waals surface area contributed by atoms with Gasteiger partial charge in [-0.3, -0.25) is 9.59 Å². The van der Waals surface area contributed by atoms with Gasteiger partial charge in [0.05, 0.1) is 34.1 Å². The number of hydrogen-bond donors (Lipinski definition) is 0. The van der Waals surface area contributed by atoms with Crippen LogP contribution in [0.3, 0.4) is 0 Å². The molecule has 0 aliphatic rings.